The monoisotopic (exact) mass is 328 g/mol. The van der Waals surface area contributed by atoms with Crippen LogP contribution in [0.15, 0.2) is 12.1 Å². The molecule has 0 saturated heterocycles. The van der Waals surface area contributed by atoms with Gasteiger partial charge in [-0.1, -0.05) is 25.4 Å². The molecule has 22 heavy (non-hydrogen) atoms. The van der Waals surface area contributed by atoms with Crippen molar-refractivity contribution in [3.63, 3.8) is 0 Å². The first-order valence-corrected chi connectivity index (χ1v) is 7.44. The van der Waals surface area contributed by atoms with Crippen LogP contribution in [0.2, 0.25) is 5.15 Å². The van der Waals surface area contributed by atoms with Crippen molar-refractivity contribution in [1.29, 1.82) is 0 Å². The number of rotatable bonds is 7. The molecule has 0 aliphatic rings. The number of carbonyl (C=O) groups is 2. The highest BCUT2D eigenvalue weighted by molar-refractivity contribution is 6.30. The standard InChI is InChI=1S/C14H21ClN4O3/c1-4-19(5-2)9(3)8-16-13(20)10-6-11(15)17-12(7-10)18-14(21)22/h6-7,9H,4-5,8H2,1-3H3,(H,16,20)(H,17,18)(H,21,22). The molecular formula is C14H21ClN4O3. The van der Waals surface area contributed by atoms with Crippen molar-refractivity contribution in [2.75, 3.05) is 25.0 Å². The number of aromatic nitrogens is 1. The zero-order chi connectivity index (χ0) is 16.7. The second-order valence-corrected chi connectivity index (χ2v) is 5.16. The molecule has 0 fully saturated rings. The number of amides is 2. The molecule has 122 valence electrons. The average molecular weight is 329 g/mol. The minimum absolute atomic E-state index is 0.0157. The van der Waals surface area contributed by atoms with Gasteiger partial charge in [-0.15, -0.1) is 0 Å². The van der Waals surface area contributed by atoms with Crippen LogP contribution in [-0.2, 0) is 0 Å². The fraction of sp³-hybridized carbons (Fsp3) is 0.500. The Labute approximate surface area is 134 Å². The normalized spacial score (nSPS) is 12.0. The summed E-state index contributed by atoms with van der Waals surface area (Å²) in [6.45, 7) is 8.46. The van der Waals surface area contributed by atoms with Crippen LogP contribution in [0.3, 0.4) is 0 Å². The Kier molecular flexibility index (Phi) is 7.07. The largest absolute Gasteiger partial charge is 0.465 e. The van der Waals surface area contributed by atoms with E-state index >= 15 is 0 Å². The van der Waals surface area contributed by atoms with Gasteiger partial charge in [-0.05, 0) is 32.1 Å². The van der Waals surface area contributed by atoms with Crippen LogP contribution in [0, 0.1) is 0 Å². The Morgan fingerprint density at radius 2 is 2.00 bits per heavy atom. The Morgan fingerprint density at radius 3 is 2.55 bits per heavy atom. The Bertz CT molecular complexity index is 535. The number of hydrogen-bond acceptors (Lipinski definition) is 4. The summed E-state index contributed by atoms with van der Waals surface area (Å²) in [6, 6.07) is 2.94. The highest BCUT2D eigenvalue weighted by Gasteiger charge is 2.14. The van der Waals surface area contributed by atoms with Gasteiger partial charge in [0, 0.05) is 18.2 Å². The number of pyridine rings is 1. The van der Waals surface area contributed by atoms with Crippen LogP contribution >= 0.6 is 11.6 Å². The van der Waals surface area contributed by atoms with Crippen molar-refractivity contribution >= 4 is 29.4 Å². The van der Waals surface area contributed by atoms with E-state index in [1.165, 1.54) is 12.1 Å². The number of carbonyl (C=O) groups excluding carboxylic acids is 1. The maximum Gasteiger partial charge on any atom is 0.410 e. The molecule has 0 radical (unpaired) electrons. The molecule has 0 aliphatic heterocycles. The molecule has 0 spiro atoms. The van der Waals surface area contributed by atoms with Crippen LogP contribution in [0.25, 0.3) is 0 Å². The molecule has 7 nitrogen and oxygen atoms in total. The van der Waals surface area contributed by atoms with Crippen molar-refractivity contribution in [1.82, 2.24) is 15.2 Å². The lowest BCUT2D eigenvalue weighted by Gasteiger charge is -2.26. The molecule has 1 rings (SSSR count). The molecular weight excluding hydrogens is 308 g/mol. The Morgan fingerprint density at radius 1 is 1.36 bits per heavy atom. The zero-order valence-corrected chi connectivity index (χ0v) is 13.6. The van der Waals surface area contributed by atoms with Gasteiger partial charge >= 0.3 is 6.09 Å². The molecule has 0 saturated carbocycles. The van der Waals surface area contributed by atoms with Crippen molar-refractivity contribution in [2.24, 2.45) is 0 Å². The molecule has 2 amide bonds. The minimum atomic E-state index is -1.27. The molecule has 1 unspecified atom stereocenters. The predicted molar refractivity (Wildman–Crippen MR) is 85.6 cm³/mol. The third kappa shape index (κ3) is 5.50. The number of carboxylic acid groups (broad SMARTS) is 1. The first-order chi connectivity index (χ1) is 10.4. The smallest absolute Gasteiger partial charge is 0.410 e. The Balaban J connectivity index is 2.73. The second kappa shape index (κ2) is 8.55. The number of nitrogens with zero attached hydrogens (tertiary/aromatic N) is 2. The van der Waals surface area contributed by atoms with Crippen molar-refractivity contribution in [3.05, 3.63) is 22.8 Å². The van der Waals surface area contributed by atoms with E-state index < -0.39 is 6.09 Å². The first kappa shape index (κ1) is 18.2. The summed E-state index contributed by atoms with van der Waals surface area (Å²) in [5.41, 5.74) is 0.260. The molecule has 1 atom stereocenters. The van der Waals surface area contributed by atoms with Gasteiger partial charge in [-0.2, -0.15) is 0 Å². The van der Waals surface area contributed by atoms with Crippen LogP contribution in [-0.4, -0.2) is 52.7 Å². The van der Waals surface area contributed by atoms with E-state index in [-0.39, 0.29) is 28.5 Å². The van der Waals surface area contributed by atoms with Gasteiger partial charge in [0.2, 0.25) is 0 Å². The fourth-order valence-electron chi connectivity index (χ4n) is 2.12. The van der Waals surface area contributed by atoms with Crippen LogP contribution in [0.5, 0.6) is 0 Å². The third-order valence-electron chi connectivity index (χ3n) is 3.29. The van der Waals surface area contributed by atoms with E-state index in [0.717, 1.165) is 13.1 Å². The molecule has 1 heterocycles. The summed E-state index contributed by atoms with van der Waals surface area (Å²) in [6.07, 6.45) is -1.27. The van der Waals surface area contributed by atoms with Gasteiger partial charge in [0.05, 0.1) is 0 Å². The average Bonchev–Trinajstić information content (AvgIpc) is 2.44. The topological polar surface area (TPSA) is 94.6 Å². The first-order valence-electron chi connectivity index (χ1n) is 7.07. The fourth-order valence-corrected chi connectivity index (χ4v) is 2.33. The van der Waals surface area contributed by atoms with Gasteiger partial charge in [0.25, 0.3) is 5.91 Å². The highest BCUT2D eigenvalue weighted by Crippen LogP contribution is 2.14. The minimum Gasteiger partial charge on any atom is -0.465 e. The lowest BCUT2D eigenvalue weighted by atomic mass is 10.2. The second-order valence-electron chi connectivity index (χ2n) is 4.77. The van der Waals surface area contributed by atoms with Gasteiger partial charge in [0.15, 0.2) is 0 Å². The van der Waals surface area contributed by atoms with Crippen LogP contribution in [0.1, 0.15) is 31.1 Å². The van der Waals surface area contributed by atoms with E-state index in [1.807, 2.05) is 6.92 Å². The van der Waals surface area contributed by atoms with Gasteiger partial charge < -0.3 is 10.4 Å². The quantitative estimate of drug-likeness (QED) is 0.667. The molecule has 1 aromatic rings. The highest BCUT2D eigenvalue weighted by atomic mass is 35.5. The zero-order valence-electron chi connectivity index (χ0n) is 12.9. The number of anilines is 1. The number of nitrogens with one attached hydrogen (secondary N) is 2. The molecule has 0 aromatic carbocycles. The number of hydrogen-bond donors (Lipinski definition) is 3. The third-order valence-corrected chi connectivity index (χ3v) is 3.48. The molecule has 1 aromatic heterocycles. The van der Waals surface area contributed by atoms with E-state index in [0.29, 0.717) is 6.54 Å². The lowest BCUT2D eigenvalue weighted by molar-refractivity contribution is 0.0938. The van der Waals surface area contributed by atoms with E-state index in [1.54, 1.807) is 0 Å². The molecule has 8 heteroatoms. The molecule has 0 bridgehead atoms. The van der Waals surface area contributed by atoms with Crippen LogP contribution in [0.4, 0.5) is 10.6 Å². The molecule has 3 N–H and O–H groups in total. The Hall–Kier alpha value is -1.86. The van der Waals surface area contributed by atoms with E-state index in [9.17, 15) is 9.59 Å². The summed E-state index contributed by atoms with van der Waals surface area (Å²) in [4.78, 5) is 28.8. The lowest BCUT2D eigenvalue weighted by Crippen LogP contribution is -2.42. The summed E-state index contributed by atoms with van der Waals surface area (Å²) < 4.78 is 0. The maximum atomic E-state index is 12.1. The summed E-state index contributed by atoms with van der Waals surface area (Å²) in [5, 5.41) is 13.6. The van der Waals surface area contributed by atoms with Gasteiger partial charge in [0.1, 0.15) is 11.0 Å². The van der Waals surface area contributed by atoms with Gasteiger partial charge in [-0.25, -0.2) is 9.78 Å². The SMILES string of the molecule is CCN(CC)C(C)CNC(=O)c1cc(Cl)nc(NC(=O)O)c1. The summed E-state index contributed by atoms with van der Waals surface area (Å²) >= 11 is 5.80. The van der Waals surface area contributed by atoms with Crippen molar-refractivity contribution < 1.29 is 14.7 Å². The van der Waals surface area contributed by atoms with Crippen LogP contribution < -0.4 is 10.6 Å². The van der Waals surface area contributed by atoms with Gasteiger partial charge in [-0.3, -0.25) is 15.0 Å². The van der Waals surface area contributed by atoms with Crippen molar-refractivity contribution in [2.45, 2.75) is 26.8 Å². The summed E-state index contributed by atoms with van der Waals surface area (Å²) in [7, 11) is 0. The van der Waals surface area contributed by atoms with Crippen molar-refractivity contribution in [3.8, 4) is 0 Å². The maximum absolute atomic E-state index is 12.1. The predicted octanol–water partition coefficient (Wildman–Crippen LogP) is 2.28. The van der Waals surface area contributed by atoms with E-state index in [4.69, 9.17) is 16.7 Å². The number of likely N-dealkylation sites (N-methyl/N-ethyl adjacent to an activating group) is 1. The number of halogens is 1. The molecule has 0 aliphatic carbocycles. The summed E-state index contributed by atoms with van der Waals surface area (Å²) in [5.74, 6) is -0.307. The van der Waals surface area contributed by atoms with E-state index in [2.05, 4.69) is 34.4 Å².